The molecule has 1 rings (SSSR count). The molecule has 0 aromatic carbocycles. The second kappa shape index (κ2) is 3.35. The van der Waals surface area contributed by atoms with Crippen LogP contribution in [0.5, 0.6) is 0 Å². The van der Waals surface area contributed by atoms with Crippen LogP contribution < -0.4 is 5.73 Å². The number of aliphatic hydroxyl groups is 1. The standard InChI is InChI=1S/C8H17NO/c1-6(9)8(10)5-7-3-2-4-7/h6-8,10H,2-5,9H2,1H3/t6-,8+/m0/s1. The molecule has 0 aliphatic heterocycles. The predicted molar refractivity (Wildman–Crippen MR) is 41.6 cm³/mol. The maximum atomic E-state index is 9.34. The Kier molecular flexibility index (Phi) is 2.69. The Labute approximate surface area is 62.4 Å². The summed E-state index contributed by atoms with van der Waals surface area (Å²) in [7, 11) is 0. The maximum absolute atomic E-state index is 9.34. The van der Waals surface area contributed by atoms with Gasteiger partial charge in [0.15, 0.2) is 0 Å². The number of hydrogen-bond acceptors (Lipinski definition) is 2. The largest absolute Gasteiger partial charge is 0.392 e. The number of nitrogens with two attached hydrogens (primary N) is 1. The molecule has 0 radical (unpaired) electrons. The molecule has 1 saturated carbocycles. The third-order valence-corrected chi connectivity index (χ3v) is 2.41. The molecule has 0 unspecified atom stereocenters. The SMILES string of the molecule is C[C@H](N)[C@H](O)CC1CCC1. The first-order valence-electron chi connectivity index (χ1n) is 4.14. The van der Waals surface area contributed by atoms with Gasteiger partial charge in [-0.25, -0.2) is 0 Å². The quantitative estimate of drug-likeness (QED) is 0.616. The van der Waals surface area contributed by atoms with Crippen molar-refractivity contribution in [2.45, 2.75) is 44.8 Å². The van der Waals surface area contributed by atoms with Crippen LogP contribution in [0.1, 0.15) is 32.6 Å². The lowest BCUT2D eigenvalue weighted by Gasteiger charge is -2.28. The van der Waals surface area contributed by atoms with Crippen LogP contribution in [0.4, 0.5) is 0 Å². The van der Waals surface area contributed by atoms with Crippen LogP contribution in [0.2, 0.25) is 0 Å². The monoisotopic (exact) mass is 143 g/mol. The Morgan fingerprint density at radius 3 is 2.50 bits per heavy atom. The van der Waals surface area contributed by atoms with Crippen molar-refractivity contribution in [3.05, 3.63) is 0 Å². The normalized spacial score (nSPS) is 25.5. The Morgan fingerprint density at radius 1 is 1.60 bits per heavy atom. The van der Waals surface area contributed by atoms with Crippen molar-refractivity contribution in [1.29, 1.82) is 0 Å². The Morgan fingerprint density at radius 2 is 2.20 bits per heavy atom. The first-order chi connectivity index (χ1) is 4.70. The summed E-state index contributed by atoms with van der Waals surface area (Å²) < 4.78 is 0. The summed E-state index contributed by atoms with van der Waals surface area (Å²) in [6.45, 7) is 1.86. The van der Waals surface area contributed by atoms with Crippen LogP contribution in [-0.4, -0.2) is 17.3 Å². The highest BCUT2D eigenvalue weighted by Gasteiger charge is 2.22. The average molecular weight is 143 g/mol. The molecule has 3 N–H and O–H groups in total. The number of hydrogen-bond donors (Lipinski definition) is 2. The molecule has 2 nitrogen and oxygen atoms in total. The minimum absolute atomic E-state index is 0.0550. The van der Waals surface area contributed by atoms with E-state index in [-0.39, 0.29) is 12.1 Å². The zero-order chi connectivity index (χ0) is 7.56. The van der Waals surface area contributed by atoms with Crippen molar-refractivity contribution in [1.82, 2.24) is 0 Å². The molecule has 0 aromatic rings. The molecule has 0 saturated heterocycles. The van der Waals surface area contributed by atoms with E-state index >= 15 is 0 Å². The summed E-state index contributed by atoms with van der Waals surface area (Å²) >= 11 is 0. The van der Waals surface area contributed by atoms with E-state index in [1.165, 1.54) is 19.3 Å². The van der Waals surface area contributed by atoms with Crippen LogP contribution in [0, 0.1) is 5.92 Å². The predicted octanol–water partition coefficient (Wildman–Crippen LogP) is 0.885. The molecule has 0 heterocycles. The van der Waals surface area contributed by atoms with E-state index in [2.05, 4.69) is 0 Å². The summed E-state index contributed by atoms with van der Waals surface area (Å²) in [5.74, 6) is 0.765. The minimum Gasteiger partial charge on any atom is -0.392 e. The highest BCUT2D eigenvalue weighted by Crippen LogP contribution is 2.30. The zero-order valence-corrected chi connectivity index (χ0v) is 6.59. The van der Waals surface area contributed by atoms with Gasteiger partial charge in [0.05, 0.1) is 6.10 Å². The van der Waals surface area contributed by atoms with E-state index in [4.69, 9.17) is 5.73 Å². The highest BCUT2D eigenvalue weighted by atomic mass is 16.3. The van der Waals surface area contributed by atoms with Gasteiger partial charge in [0.2, 0.25) is 0 Å². The van der Waals surface area contributed by atoms with Gasteiger partial charge in [-0.1, -0.05) is 19.3 Å². The maximum Gasteiger partial charge on any atom is 0.0691 e. The van der Waals surface area contributed by atoms with Crippen molar-refractivity contribution < 1.29 is 5.11 Å². The number of rotatable bonds is 3. The van der Waals surface area contributed by atoms with Crippen molar-refractivity contribution in [3.63, 3.8) is 0 Å². The van der Waals surface area contributed by atoms with Crippen LogP contribution in [0.15, 0.2) is 0 Å². The van der Waals surface area contributed by atoms with E-state index in [9.17, 15) is 5.11 Å². The van der Waals surface area contributed by atoms with Crippen LogP contribution in [-0.2, 0) is 0 Å². The van der Waals surface area contributed by atoms with E-state index in [0.717, 1.165) is 12.3 Å². The lowest BCUT2D eigenvalue weighted by molar-refractivity contribution is 0.0996. The smallest absolute Gasteiger partial charge is 0.0691 e. The van der Waals surface area contributed by atoms with Crippen molar-refractivity contribution in [2.24, 2.45) is 11.7 Å². The van der Waals surface area contributed by atoms with Gasteiger partial charge in [0.1, 0.15) is 0 Å². The Bertz CT molecular complexity index is 99.4. The molecule has 10 heavy (non-hydrogen) atoms. The third-order valence-electron chi connectivity index (χ3n) is 2.41. The Hall–Kier alpha value is -0.0800. The molecule has 1 aliphatic rings. The molecule has 2 atom stereocenters. The number of aliphatic hydroxyl groups excluding tert-OH is 1. The molecule has 0 spiro atoms. The molecule has 1 aliphatic carbocycles. The highest BCUT2D eigenvalue weighted by molar-refractivity contribution is 4.76. The first kappa shape index (κ1) is 8.02. The second-order valence-corrected chi connectivity index (χ2v) is 3.46. The van der Waals surface area contributed by atoms with E-state index in [1.54, 1.807) is 0 Å². The molecule has 0 aromatic heterocycles. The van der Waals surface area contributed by atoms with Gasteiger partial charge < -0.3 is 10.8 Å². The topological polar surface area (TPSA) is 46.2 Å². The lowest BCUT2D eigenvalue weighted by Crippen LogP contribution is -2.34. The minimum atomic E-state index is -0.273. The van der Waals surface area contributed by atoms with Crippen molar-refractivity contribution in [3.8, 4) is 0 Å². The molecule has 0 bridgehead atoms. The molecular formula is C8H17NO. The van der Waals surface area contributed by atoms with E-state index in [1.807, 2.05) is 6.92 Å². The van der Waals surface area contributed by atoms with Crippen LogP contribution in [0.25, 0.3) is 0 Å². The first-order valence-corrected chi connectivity index (χ1v) is 4.14. The molecule has 0 amide bonds. The summed E-state index contributed by atoms with van der Waals surface area (Å²) in [6, 6.07) is -0.0550. The molecule has 2 heteroatoms. The fraction of sp³-hybridized carbons (Fsp3) is 1.00. The van der Waals surface area contributed by atoms with Crippen LogP contribution >= 0.6 is 0 Å². The third kappa shape index (κ3) is 1.96. The van der Waals surface area contributed by atoms with Gasteiger partial charge in [-0.2, -0.15) is 0 Å². The fourth-order valence-corrected chi connectivity index (χ4v) is 1.28. The second-order valence-electron chi connectivity index (χ2n) is 3.46. The summed E-state index contributed by atoms with van der Waals surface area (Å²) in [4.78, 5) is 0. The summed E-state index contributed by atoms with van der Waals surface area (Å²) in [6.07, 6.45) is 4.58. The van der Waals surface area contributed by atoms with E-state index < -0.39 is 0 Å². The molecular weight excluding hydrogens is 126 g/mol. The average Bonchev–Trinajstić information content (AvgIpc) is 1.77. The summed E-state index contributed by atoms with van der Waals surface area (Å²) in [5, 5.41) is 9.34. The van der Waals surface area contributed by atoms with Gasteiger partial charge >= 0.3 is 0 Å². The zero-order valence-electron chi connectivity index (χ0n) is 6.59. The van der Waals surface area contributed by atoms with Gasteiger partial charge in [-0.3, -0.25) is 0 Å². The van der Waals surface area contributed by atoms with Gasteiger partial charge in [-0.15, -0.1) is 0 Å². The van der Waals surface area contributed by atoms with Gasteiger partial charge in [0.25, 0.3) is 0 Å². The van der Waals surface area contributed by atoms with Crippen LogP contribution in [0.3, 0.4) is 0 Å². The van der Waals surface area contributed by atoms with Crippen molar-refractivity contribution >= 4 is 0 Å². The summed E-state index contributed by atoms with van der Waals surface area (Å²) in [5.41, 5.74) is 5.51. The Balaban J connectivity index is 2.10. The van der Waals surface area contributed by atoms with Crippen molar-refractivity contribution in [2.75, 3.05) is 0 Å². The van der Waals surface area contributed by atoms with E-state index in [0.29, 0.717) is 0 Å². The molecule has 1 fully saturated rings. The lowest BCUT2D eigenvalue weighted by atomic mass is 9.80. The fourth-order valence-electron chi connectivity index (χ4n) is 1.28. The van der Waals surface area contributed by atoms with Gasteiger partial charge in [-0.05, 0) is 19.3 Å². The van der Waals surface area contributed by atoms with Gasteiger partial charge in [0, 0.05) is 6.04 Å². The molecule has 60 valence electrons.